The maximum absolute atomic E-state index is 13.5. The number of aliphatic hydroxyl groups is 1. The molecule has 0 aliphatic heterocycles. The van der Waals surface area contributed by atoms with Gasteiger partial charge in [0.25, 0.3) is 0 Å². The second-order valence-electron chi connectivity index (χ2n) is 9.27. The van der Waals surface area contributed by atoms with Crippen molar-refractivity contribution in [3.8, 4) is 17.1 Å². The summed E-state index contributed by atoms with van der Waals surface area (Å²) in [4.78, 5) is 16.9. The summed E-state index contributed by atoms with van der Waals surface area (Å²) in [7, 11) is 7.43. The molecule has 0 aliphatic rings. The first-order chi connectivity index (χ1) is 19.0. The molecule has 0 aliphatic carbocycles. The number of hydrogen-bond acceptors (Lipinski definition) is 9. The van der Waals surface area contributed by atoms with Crippen LogP contribution in [0.25, 0.3) is 17.0 Å². The smallest absolute Gasteiger partial charge is 0.419 e. The molecule has 3 heterocycles. The molecule has 40 heavy (non-hydrogen) atoms. The predicted octanol–water partition coefficient (Wildman–Crippen LogP) is 4.48. The Kier molecular flexibility index (Phi) is 8.45. The Hall–Kier alpha value is -4.36. The maximum Gasteiger partial charge on any atom is 0.419 e. The minimum atomic E-state index is -4.54. The Morgan fingerprint density at radius 2 is 1.93 bits per heavy atom. The molecule has 1 atom stereocenters. The van der Waals surface area contributed by atoms with Gasteiger partial charge in [0.15, 0.2) is 0 Å². The second kappa shape index (κ2) is 11.8. The fraction of sp³-hybridized carbons (Fsp3) is 0.296. The average Bonchev–Trinajstić information content (AvgIpc) is 3.35. The minimum Gasteiger partial charge on any atom is -0.494 e. The van der Waals surface area contributed by atoms with Crippen LogP contribution in [0.4, 0.5) is 36.2 Å². The van der Waals surface area contributed by atoms with Crippen molar-refractivity contribution < 1.29 is 23.0 Å². The number of hydrogen-bond donors (Lipinski definition) is 3. The normalized spacial score (nSPS) is 12.4. The number of imidazole rings is 1. The highest BCUT2D eigenvalue weighted by Crippen LogP contribution is 2.38. The predicted molar refractivity (Wildman–Crippen MR) is 149 cm³/mol. The molecule has 3 N–H and O–H groups in total. The SMILES string of the molecule is C=CC(O)Nc1cc(Nc2nccc(-c3cnc4c(C(F)(F)F)cccn34)n2)c(OC)cc1N(C)CCN(C)C. The lowest BCUT2D eigenvalue weighted by atomic mass is 10.2. The average molecular weight is 557 g/mol. The van der Waals surface area contributed by atoms with E-state index in [9.17, 15) is 18.3 Å². The van der Waals surface area contributed by atoms with Crippen molar-refractivity contribution >= 4 is 28.7 Å². The van der Waals surface area contributed by atoms with Crippen LogP contribution in [0, 0.1) is 0 Å². The summed E-state index contributed by atoms with van der Waals surface area (Å²) in [5, 5.41) is 16.4. The number of likely N-dealkylation sites (N-methyl/N-ethyl adjacent to an activating group) is 2. The zero-order valence-electron chi connectivity index (χ0n) is 22.6. The van der Waals surface area contributed by atoms with Gasteiger partial charge in [-0.05, 0) is 44.4 Å². The number of nitrogens with zero attached hydrogens (tertiary/aromatic N) is 6. The van der Waals surface area contributed by atoms with E-state index in [-0.39, 0.29) is 11.6 Å². The molecule has 0 amide bonds. The lowest BCUT2D eigenvalue weighted by molar-refractivity contribution is -0.136. The molecule has 13 heteroatoms. The fourth-order valence-electron chi connectivity index (χ4n) is 4.06. The molecular weight excluding hydrogens is 525 g/mol. The Morgan fingerprint density at radius 1 is 1.15 bits per heavy atom. The number of halogens is 3. The van der Waals surface area contributed by atoms with Gasteiger partial charge in [0, 0.05) is 38.6 Å². The van der Waals surface area contributed by atoms with Crippen LogP contribution < -0.4 is 20.3 Å². The van der Waals surface area contributed by atoms with E-state index in [0.29, 0.717) is 35.1 Å². The van der Waals surface area contributed by atoms with E-state index in [2.05, 4.69) is 37.1 Å². The first-order valence-electron chi connectivity index (χ1n) is 12.3. The van der Waals surface area contributed by atoms with Gasteiger partial charge in [-0.1, -0.05) is 6.58 Å². The van der Waals surface area contributed by atoms with Gasteiger partial charge in [-0.3, -0.25) is 4.40 Å². The molecule has 0 spiro atoms. The molecule has 10 nitrogen and oxygen atoms in total. The zero-order valence-corrected chi connectivity index (χ0v) is 22.6. The quantitative estimate of drug-likeness (QED) is 0.182. The number of benzene rings is 1. The molecule has 0 saturated carbocycles. The number of ether oxygens (including phenoxy) is 1. The lowest BCUT2D eigenvalue weighted by Gasteiger charge is -2.27. The summed E-state index contributed by atoms with van der Waals surface area (Å²) in [5.41, 5.74) is 1.57. The van der Waals surface area contributed by atoms with Gasteiger partial charge in [-0.25, -0.2) is 15.0 Å². The van der Waals surface area contributed by atoms with E-state index in [1.807, 2.05) is 32.1 Å². The summed E-state index contributed by atoms with van der Waals surface area (Å²) >= 11 is 0. The number of alkyl halides is 3. The second-order valence-corrected chi connectivity index (χ2v) is 9.27. The van der Waals surface area contributed by atoms with Crippen LogP contribution in [0.5, 0.6) is 5.75 Å². The third-order valence-corrected chi connectivity index (χ3v) is 6.14. The van der Waals surface area contributed by atoms with Crippen LogP contribution in [0.1, 0.15) is 5.56 Å². The van der Waals surface area contributed by atoms with E-state index in [1.165, 1.54) is 42.2 Å². The van der Waals surface area contributed by atoms with E-state index in [4.69, 9.17) is 4.74 Å². The van der Waals surface area contributed by atoms with Crippen molar-refractivity contribution in [3.63, 3.8) is 0 Å². The summed E-state index contributed by atoms with van der Waals surface area (Å²) in [5.74, 6) is 0.672. The van der Waals surface area contributed by atoms with Gasteiger partial charge in [0.1, 0.15) is 17.6 Å². The number of rotatable bonds is 11. The molecule has 1 aromatic carbocycles. The van der Waals surface area contributed by atoms with Crippen molar-refractivity contribution in [2.24, 2.45) is 0 Å². The zero-order chi connectivity index (χ0) is 29.0. The van der Waals surface area contributed by atoms with Crippen LogP contribution >= 0.6 is 0 Å². The highest BCUT2D eigenvalue weighted by atomic mass is 19.4. The summed E-state index contributed by atoms with van der Waals surface area (Å²) < 4.78 is 47.4. The van der Waals surface area contributed by atoms with Gasteiger partial charge in [-0.15, -0.1) is 0 Å². The number of methoxy groups -OCH3 is 1. The molecule has 212 valence electrons. The first-order valence-corrected chi connectivity index (χ1v) is 12.3. The number of nitrogens with one attached hydrogen (secondary N) is 2. The van der Waals surface area contributed by atoms with Gasteiger partial charge < -0.3 is 30.3 Å². The standard InChI is InChI=1S/C27H31F3N8O2/c1-6-24(39)33-19-14-20(23(40-5)15-21(19)37(4)13-12-36(2)3)35-26-31-10-9-18(34-26)22-16-32-25-17(27(28,29)30)8-7-11-38(22)25/h6-11,14-16,24,33,39H,1,12-13H2,2-5H3,(H,31,34,35). The molecular formula is C27H31F3N8O2. The number of pyridine rings is 1. The fourth-order valence-corrected chi connectivity index (χ4v) is 4.06. The largest absolute Gasteiger partial charge is 0.494 e. The number of anilines is 4. The van der Waals surface area contributed by atoms with Crippen molar-refractivity contribution in [2.45, 2.75) is 12.4 Å². The molecule has 0 saturated heterocycles. The van der Waals surface area contributed by atoms with Gasteiger partial charge in [-0.2, -0.15) is 13.2 Å². The van der Waals surface area contributed by atoms with Crippen molar-refractivity contribution in [3.05, 3.63) is 67.1 Å². The number of fused-ring (bicyclic) bond motifs is 1. The lowest BCUT2D eigenvalue weighted by Crippen LogP contribution is -2.29. The maximum atomic E-state index is 13.5. The monoisotopic (exact) mass is 556 g/mol. The van der Waals surface area contributed by atoms with Crippen LogP contribution in [-0.4, -0.2) is 76.9 Å². The highest BCUT2D eigenvalue weighted by molar-refractivity contribution is 5.81. The summed E-state index contributed by atoms with van der Waals surface area (Å²) in [6, 6.07) is 7.47. The third-order valence-electron chi connectivity index (χ3n) is 6.14. The summed E-state index contributed by atoms with van der Waals surface area (Å²) in [6.07, 6.45) is 0.159. The van der Waals surface area contributed by atoms with E-state index in [0.717, 1.165) is 18.3 Å². The van der Waals surface area contributed by atoms with E-state index < -0.39 is 18.0 Å². The first kappa shape index (κ1) is 28.6. The Morgan fingerprint density at radius 3 is 2.60 bits per heavy atom. The molecule has 0 bridgehead atoms. The minimum absolute atomic E-state index is 0.182. The van der Waals surface area contributed by atoms with Crippen molar-refractivity contribution in [2.75, 3.05) is 56.9 Å². The Labute approximate surface area is 229 Å². The van der Waals surface area contributed by atoms with E-state index in [1.54, 1.807) is 12.1 Å². The molecule has 4 aromatic rings. The topological polar surface area (TPSA) is 103 Å². The number of aliphatic hydroxyl groups excluding tert-OH is 1. The molecule has 4 rings (SSSR count). The van der Waals surface area contributed by atoms with Crippen LogP contribution in [-0.2, 0) is 6.18 Å². The van der Waals surface area contributed by atoms with Crippen LogP contribution in [0.3, 0.4) is 0 Å². The third kappa shape index (κ3) is 6.26. The van der Waals surface area contributed by atoms with Crippen molar-refractivity contribution in [1.29, 1.82) is 0 Å². The molecule has 1 unspecified atom stereocenters. The van der Waals surface area contributed by atoms with Gasteiger partial charge in [0.2, 0.25) is 5.95 Å². The van der Waals surface area contributed by atoms with Crippen LogP contribution in [0.15, 0.2) is 61.6 Å². The highest BCUT2D eigenvalue weighted by Gasteiger charge is 2.34. The van der Waals surface area contributed by atoms with E-state index >= 15 is 0 Å². The summed E-state index contributed by atoms with van der Waals surface area (Å²) in [6.45, 7) is 5.14. The van der Waals surface area contributed by atoms with Gasteiger partial charge >= 0.3 is 6.18 Å². The Balaban J connectivity index is 1.71. The molecule has 3 aromatic heterocycles. The molecule has 0 radical (unpaired) electrons. The molecule has 0 fully saturated rings. The Bertz CT molecular complexity index is 1490. The van der Waals surface area contributed by atoms with Gasteiger partial charge in [0.05, 0.1) is 47.3 Å². The van der Waals surface area contributed by atoms with Crippen molar-refractivity contribution in [1.82, 2.24) is 24.3 Å². The number of aromatic nitrogens is 4. The van der Waals surface area contributed by atoms with Crippen LogP contribution in [0.2, 0.25) is 0 Å².